The molecule has 1 aliphatic heterocycles. The molecular formula is C22H30N4O3. The molecule has 1 aromatic carbocycles. The Morgan fingerprint density at radius 3 is 2.83 bits per heavy atom. The topological polar surface area (TPSA) is 67.7 Å². The summed E-state index contributed by atoms with van der Waals surface area (Å²) in [6.07, 6.45) is 5.46. The van der Waals surface area contributed by atoms with Crippen molar-refractivity contribution in [1.82, 2.24) is 19.6 Å². The van der Waals surface area contributed by atoms with Crippen molar-refractivity contribution < 1.29 is 14.3 Å². The van der Waals surface area contributed by atoms with E-state index in [0.29, 0.717) is 18.7 Å². The Bertz CT molecular complexity index is 877. The van der Waals surface area contributed by atoms with Crippen LogP contribution in [0.2, 0.25) is 0 Å². The molecule has 0 spiro atoms. The lowest BCUT2D eigenvalue weighted by Gasteiger charge is -2.37. The first-order valence-electron chi connectivity index (χ1n) is 10.1. The SMILES string of the molecule is CCn1cc(C(=O)N2CCCC(N(C)C(=O)Cc3cc(C)ccc3OC)C2)cn1. The number of carbonyl (C=O) groups excluding carboxylic acids is 2. The summed E-state index contributed by atoms with van der Waals surface area (Å²) in [5.74, 6) is 0.744. The monoisotopic (exact) mass is 398 g/mol. The molecule has 3 rings (SSSR count). The summed E-state index contributed by atoms with van der Waals surface area (Å²) < 4.78 is 7.15. The van der Waals surface area contributed by atoms with Gasteiger partial charge in [-0.25, -0.2) is 0 Å². The van der Waals surface area contributed by atoms with Gasteiger partial charge in [0.15, 0.2) is 0 Å². The molecule has 1 atom stereocenters. The lowest BCUT2D eigenvalue weighted by atomic mass is 10.0. The number of likely N-dealkylation sites (N-methyl/N-ethyl adjacent to an activating group) is 1. The Hall–Kier alpha value is -2.83. The van der Waals surface area contributed by atoms with Crippen molar-refractivity contribution in [2.24, 2.45) is 0 Å². The number of hydrogen-bond acceptors (Lipinski definition) is 4. The molecule has 2 amide bonds. The summed E-state index contributed by atoms with van der Waals surface area (Å²) in [4.78, 5) is 29.4. The molecule has 29 heavy (non-hydrogen) atoms. The van der Waals surface area contributed by atoms with Gasteiger partial charge >= 0.3 is 0 Å². The van der Waals surface area contributed by atoms with E-state index < -0.39 is 0 Å². The van der Waals surface area contributed by atoms with Gasteiger partial charge in [0.05, 0.1) is 25.3 Å². The smallest absolute Gasteiger partial charge is 0.257 e. The van der Waals surface area contributed by atoms with Gasteiger partial charge < -0.3 is 14.5 Å². The maximum Gasteiger partial charge on any atom is 0.257 e. The van der Waals surface area contributed by atoms with Crippen molar-refractivity contribution in [3.63, 3.8) is 0 Å². The fraction of sp³-hybridized carbons (Fsp3) is 0.500. The number of benzene rings is 1. The number of amides is 2. The van der Waals surface area contributed by atoms with E-state index in [4.69, 9.17) is 4.74 Å². The number of rotatable bonds is 6. The van der Waals surface area contributed by atoms with E-state index in [2.05, 4.69) is 5.10 Å². The molecule has 2 aromatic rings. The average Bonchev–Trinajstić information content (AvgIpc) is 3.22. The van der Waals surface area contributed by atoms with Gasteiger partial charge in [-0.15, -0.1) is 0 Å². The second-order valence-electron chi connectivity index (χ2n) is 7.63. The number of hydrogen-bond donors (Lipinski definition) is 0. The first kappa shape index (κ1) is 20.9. The van der Waals surface area contributed by atoms with Gasteiger partial charge in [-0.3, -0.25) is 14.3 Å². The van der Waals surface area contributed by atoms with Gasteiger partial charge in [-0.1, -0.05) is 17.7 Å². The zero-order valence-corrected chi connectivity index (χ0v) is 17.7. The first-order chi connectivity index (χ1) is 13.9. The number of carbonyl (C=O) groups is 2. The van der Waals surface area contributed by atoms with Crippen molar-refractivity contribution in [3.05, 3.63) is 47.3 Å². The highest BCUT2D eigenvalue weighted by Crippen LogP contribution is 2.22. The number of nitrogens with zero attached hydrogens (tertiary/aromatic N) is 4. The van der Waals surface area contributed by atoms with E-state index in [0.717, 1.165) is 36.3 Å². The minimum Gasteiger partial charge on any atom is -0.496 e. The highest BCUT2D eigenvalue weighted by atomic mass is 16.5. The van der Waals surface area contributed by atoms with Crippen LogP contribution in [0.1, 0.15) is 41.3 Å². The molecule has 0 saturated carbocycles. The maximum atomic E-state index is 12.9. The summed E-state index contributed by atoms with van der Waals surface area (Å²) in [6.45, 7) is 5.98. The molecule has 0 aliphatic carbocycles. The summed E-state index contributed by atoms with van der Waals surface area (Å²) in [6, 6.07) is 5.88. The summed E-state index contributed by atoms with van der Waals surface area (Å²) in [7, 11) is 3.45. The van der Waals surface area contributed by atoms with Crippen LogP contribution >= 0.6 is 0 Å². The van der Waals surface area contributed by atoms with Crippen LogP contribution in [-0.2, 0) is 17.8 Å². The van der Waals surface area contributed by atoms with E-state index >= 15 is 0 Å². The highest BCUT2D eigenvalue weighted by Gasteiger charge is 2.29. The molecule has 7 heteroatoms. The Morgan fingerprint density at radius 1 is 1.34 bits per heavy atom. The second-order valence-corrected chi connectivity index (χ2v) is 7.63. The van der Waals surface area contributed by atoms with Crippen LogP contribution in [0.3, 0.4) is 0 Å². The molecule has 1 aliphatic rings. The third-order valence-electron chi connectivity index (χ3n) is 5.61. The summed E-state index contributed by atoms with van der Waals surface area (Å²) in [5, 5.41) is 4.20. The van der Waals surface area contributed by atoms with Crippen molar-refractivity contribution in [3.8, 4) is 5.75 Å². The number of piperidine rings is 1. The van der Waals surface area contributed by atoms with Crippen molar-refractivity contribution in [2.75, 3.05) is 27.2 Å². The first-order valence-corrected chi connectivity index (χ1v) is 10.1. The minimum atomic E-state index is -0.0180. The molecule has 1 fully saturated rings. The van der Waals surface area contributed by atoms with Gasteiger partial charge in [0.2, 0.25) is 5.91 Å². The highest BCUT2D eigenvalue weighted by molar-refractivity contribution is 5.93. The molecule has 0 bridgehead atoms. The fourth-order valence-corrected chi connectivity index (χ4v) is 3.82. The number of methoxy groups -OCH3 is 1. The molecule has 1 unspecified atom stereocenters. The lowest BCUT2D eigenvalue weighted by molar-refractivity contribution is -0.132. The van der Waals surface area contributed by atoms with E-state index in [1.54, 1.807) is 29.1 Å². The normalized spacial score (nSPS) is 16.6. The third kappa shape index (κ3) is 4.78. The third-order valence-corrected chi connectivity index (χ3v) is 5.61. The van der Waals surface area contributed by atoms with Crippen molar-refractivity contribution >= 4 is 11.8 Å². The van der Waals surface area contributed by atoms with E-state index in [9.17, 15) is 9.59 Å². The zero-order valence-electron chi connectivity index (χ0n) is 17.7. The van der Waals surface area contributed by atoms with Crippen LogP contribution in [0, 0.1) is 6.92 Å². The van der Waals surface area contributed by atoms with E-state index in [1.807, 2.05) is 44.0 Å². The molecule has 156 valence electrons. The Morgan fingerprint density at radius 2 is 2.14 bits per heavy atom. The molecule has 1 aromatic heterocycles. The van der Waals surface area contributed by atoms with Crippen LogP contribution in [0.4, 0.5) is 0 Å². The van der Waals surface area contributed by atoms with Gasteiger partial charge in [-0.05, 0) is 32.8 Å². The second kappa shape index (κ2) is 9.11. The van der Waals surface area contributed by atoms with Crippen molar-refractivity contribution in [1.29, 1.82) is 0 Å². The quantitative estimate of drug-likeness (QED) is 0.750. The average molecular weight is 399 g/mol. The largest absolute Gasteiger partial charge is 0.496 e. The van der Waals surface area contributed by atoms with Crippen LogP contribution < -0.4 is 4.74 Å². The van der Waals surface area contributed by atoms with Crippen LogP contribution in [-0.4, -0.2) is 64.7 Å². The number of aromatic nitrogens is 2. The van der Waals surface area contributed by atoms with Gasteiger partial charge in [0.25, 0.3) is 5.91 Å². The van der Waals surface area contributed by atoms with Crippen LogP contribution in [0.5, 0.6) is 5.75 Å². The number of aryl methyl sites for hydroxylation is 2. The minimum absolute atomic E-state index is 0.0113. The predicted molar refractivity (Wildman–Crippen MR) is 111 cm³/mol. The van der Waals surface area contributed by atoms with Gasteiger partial charge in [0.1, 0.15) is 5.75 Å². The van der Waals surface area contributed by atoms with E-state index in [1.165, 1.54) is 0 Å². The standard InChI is InChI=1S/C22H30N4O3/c1-5-26-14-18(13-23-26)22(28)25-10-6-7-19(15-25)24(3)21(27)12-17-11-16(2)8-9-20(17)29-4/h8-9,11,13-14,19H,5-7,10,12,15H2,1-4H3. The summed E-state index contributed by atoms with van der Waals surface area (Å²) in [5.41, 5.74) is 2.59. The van der Waals surface area contributed by atoms with Gasteiger partial charge in [-0.2, -0.15) is 5.10 Å². The zero-order chi connectivity index (χ0) is 21.0. The molecule has 0 radical (unpaired) electrons. The van der Waals surface area contributed by atoms with Crippen molar-refractivity contribution in [2.45, 2.75) is 45.7 Å². The lowest BCUT2D eigenvalue weighted by Crippen LogP contribution is -2.50. The van der Waals surface area contributed by atoms with Crippen LogP contribution in [0.25, 0.3) is 0 Å². The number of likely N-dealkylation sites (tertiary alicyclic amines) is 1. The summed E-state index contributed by atoms with van der Waals surface area (Å²) >= 11 is 0. The molecule has 1 saturated heterocycles. The predicted octanol–water partition coefficient (Wildman–Crippen LogP) is 2.53. The Labute approximate surface area is 172 Å². The van der Waals surface area contributed by atoms with E-state index in [-0.39, 0.29) is 24.3 Å². The number of ether oxygens (including phenoxy) is 1. The molecule has 2 heterocycles. The molecule has 0 N–H and O–H groups in total. The molecular weight excluding hydrogens is 368 g/mol. The van der Waals surface area contributed by atoms with Crippen LogP contribution in [0.15, 0.2) is 30.6 Å². The Balaban J connectivity index is 1.66. The maximum absolute atomic E-state index is 12.9. The fourth-order valence-electron chi connectivity index (χ4n) is 3.82. The van der Waals surface area contributed by atoms with Gasteiger partial charge in [0, 0.05) is 44.5 Å². The molecule has 7 nitrogen and oxygen atoms in total. The Kier molecular flexibility index (Phi) is 6.56.